The summed E-state index contributed by atoms with van der Waals surface area (Å²) in [5, 5.41) is 32.8. The lowest BCUT2D eigenvalue weighted by molar-refractivity contribution is 0.00501. The Morgan fingerprint density at radius 3 is 2.68 bits per heavy atom. The predicted molar refractivity (Wildman–Crippen MR) is 122 cm³/mol. The number of nitrogens with one attached hydrogen (secondary N) is 1. The number of rotatable bonds is 5. The normalized spacial score (nSPS) is 23.5. The van der Waals surface area contributed by atoms with Crippen molar-refractivity contribution in [3.05, 3.63) is 57.4 Å². The van der Waals surface area contributed by atoms with Gasteiger partial charge in [-0.3, -0.25) is 0 Å². The zero-order valence-corrected chi connectivity index (χ0v) is 19.0. The Kier molecular flexibility index (Phi) is 5.50. The molecule has 3 aromatic heterocycles. The standard InChI is InChI=1S/C19H18ClIN8O2/c20-19-26-17(22-8-10-2-1-3-11(21)6-10)14-18(27-19)28(9-23-14)12-7-13(16(31)15(12)30)29-24-4-5-25-29/h1-6,9,12-13,15-16,30-31H,7-8H2,(H,22,26,27)/t12?,13-,15-,16+/m0/s1. The average molecular weight is 553 g/mol. The van der Waals surface area contributed by atoms with E-state index in [0.29, 0.717) is 29.9 Å². The van der Waals surface area contributed by atoms with E-state index in [9.17, 15) is 10.2 Å². The minimum absolute atomic E-state index is 0.0673. The van der Waals surface area contributed by atoms with Gasteiger partial charge in [0.25, 0.3) is 0 Å². The fraction of sp³-hybridized carbons (Fsp3) is 0.316. The molecule has 1 unspecified atom stereocenters. The first-order chi connectivity index (χ1) is 15.0. The molecule has 1 aliphatic rings. The summed E-state index contributed by atoms with van der Waals surface area (Å²) in [6.07, 6.45) is 3.02. The summed E-state index contributed by atoms with van der Waals surface area (Å²) in [5.74, 6) is 0.505. The van der Waals surface area contributed by atoms with Gasteiger partial charge in [0.15, 0.2) is 17.0 Å². The van der Waals surface area contributed by atoms with Crippen molar-refractivity contribution < 1.29 is 10.2 Å². The number of imidazole rings is 1. The van der Waals surface area contributed by atoms with E-state index in [1.54, 1.807) is 10.9 Å². The third-order valence-corrected chi connectivity index (χ3v) is 6.30. The molecule has 160 valence electrons. The minimum Gasteiger partial charge on any atom is -0.388 e. The molecule has 1 saturated carbocycles. The van der Waals surface area contributed by atoms with E-state index in [4.69, 9.17) is 11.6 Å². The maximum absolute atomic E-state index is 10.7. The first-order valence-corrected chi connectivity index (χ1v) is 11.1. The molecule has 1 aliphatic carbocycles. The summed E-state index contributed by atoms with van der Waals surface area (Å²) in [4.78, 5) is 14.5. The molecule has 0 saturated heterocycles. The van der Waals surface area contributed by atoms with Crippen molar-refractivity contribution in [3.63, 3.8) is 0 Å². The quantitative estimate of drug-likeness (QED) is 0.254. The molecule has 5 rings (SSSR count). The van der Waals surface area contributed by atoms with Crippen LogP contribution >= 0.6 is 34.2 Å². The molecule has 4 aromatic rings. The Morgan fingerprint density at radius 2 is 1.90 bits per heavy atom. The molecule has 12 heteroatoms. The van der Waals surface area contributed by atoms with Crippen LogP contribution in [-0.4, -0.2) is 56.9 Å². The molecule has 1 fully saturated rings. The van der Waals surface area contributed by atoms with Crippen LogP contribution in [0.2, 0.25) is 5.28 Å². The number of aromatic nitrogens is 7. The van der Waals surface area contributed by atoms with Gasteiger partial charge in [-0.05, 0) is 58.3 Å². The molecule has 0 aliphatic heterocycles. The fourth-order valence-corrected chi connectivity index (χ4v) is 4.75. The highest BCUT2D eigenvalue weighted by Gasteiger charge is 2.45. The zero-order valence-electron chi connectivity index (χ0n) is 16.0. The monoisotopic (exact) mass is 552 g/mol. The number of fused-ring (bicyclic) bond motifs is 1. The van der Waals surface area contributed by atoms with Crippen LogP contribution in [0.4, 0.5) is 5.82 Å². The number of hydrogen-bond acceptors (Lipinski definition) is 8. The maximum Gasteiger partial charge on any atom is 0.226 e. The van der Waals surface area contributed by atoms with Crippen molar-refractivity contribution in [3.8, 4) is 0 Å². The van der Waals surface area contributed by atoms with Gasteiger partial charge in [0.05, 0.1) is 24.8 Å². The third-order valence-electron chi connectivity index (χ3n) is 5.46. The van der Waals surface area contributed by atoms with Gasteiger partial charge in [0, 0.05) is 10.1 Å². The number of halogens is 2. The van der Waals surface area contributed by atoms with Crippen LogP contribution in [0.3, 0.4) is 0 Å². The van der Waals surface area contributed by atoms with Gasteiger partial charge >= 0.3 is 0 Å². The van der Waals surface area contributed by atoms with E-state index in [1.165, 1.54) is 17.2 Å². The summed E-state index contributed by atoms with van der Waals surface area (Å²) in [5.41, 5.74) is 2.12. The van der Waals surface area contributed by atoms with Crippen molar-refractivity contribution in [1.82, 2.24) is 34.5 Å². The number of anilines is 1. The van der Waals surface area contributed by atoms with E-state index < -0.39 is 24.3 Å². The smallest absolute Gasteiger partial charge is 0.226 e. The number of nitrogens with zero attached hydrogens (tertiary/aromatic N) is 7. The first kappa shape index (κ1) is 20.5. The van der Waals surface area contributed by atoms with Crippen molar-refractivity contribution in [2.24, 2.45) is 0 Å². The van der Waals surface area contributed by atoms with E-state index in [0.717, 1.165) is 9.13 Å². The highest BCUT2D eigenvalue weighted by Crippen LogP contribution is 2.39. The van der Waals surface area contributed by atoms with Crippen LogP contribution in [0.1, 0.15) is 24.1 Å². The summed E-state index contributed by atoms with van der Waals surface area (Å²) in [7, 11) is 0. The Labute approximate surface area is 195 Å². The van der Waals surface area contributed by atoms with Gasteiger partial charge in [-0.25, -0.2) is 4.98 Å². The van der Waals surface area contributed by atoms with Crippen LogP contribution in [0.25, 0.3) is 11.2 Å². The van der Waals surface area contributed by atoms with Crippen LogP contribution in [0, 0.1) is 3.57 Å². The lowest BCUT2D eigenvalue weighted by Crippen LogP contribution is -2.31. The molecule has 31 heavy (non-hydrogen) atoms. The number of aliphatic hydroxyl groups is 2. The summed E-state index contributed by atoms with van der Waals surface area (Å²) >= 11 is 8.47. The van der Waals surface area contributed by atoms with Gasteiger partial charge in [0.2, 0.25) is 5.28 Å². The molecule has 10 nitrogen and oxygen atoms in total. The van der Waals surface area contributed by atoms with Gasteiger partial charge in [-0.1, -0.05) is 12.1 Å². The van der Waals surface area contributed by atoms with Crippen LogP contribution in [0.5, 0.6) is 0 Å². The number of benzene rings is 1. The van der Waals surface area contributed by atoms with E-state index in [-0.39, 0.29) is 5.28 Å². The van der Waals surface area contributed by atoms with Crippen molar-refractivity contribution in [1.29, 1.82) is 0 Å². The molecule has 3 heterocycles. The lowest BCUT2D eigenvalue weighted by Gasteiger charge is -2.18. The van der Waals surface area contributed by atoms with Crippen LogP contribution < -0.4 is 5.32 Å². The molecular formula is C19H18ClIN8O2. The van der Waals surface area contributed by atoms with Gasteiger partial charge < -0.3 is 20.1 Å². The molecule has 1 aromatic carbocycles. The Morgan fingerprint density at radius 1 is 1.13 bits per heavy atom. The lowest BCUT2D eigenvalue weighted by atomic mass is 10.2. The number of aliphatic hydroxyl groups excluding tert-OH is 2. The highest BCUT2D eigenvalue weighted by molar-refractivity contribution is 14.1. The van der Waals surface area contributed by atoms with Crippen LogP contribution in [-0.2, 0) is 6.54 Å². The fourth-order valence-electron chi connectivity index (χ4n) is 3.98. The Hall–Kier alpha value is -2.35. The number of hydrogen-bond donors (Lipinski definition) is 3. The highest BCUT2D eigenvalue weighted by atomic mass is 127. The van der Waals surface area contributed by atoms with Crippen LogP contribution in [0.15, 0.2) is 43.0 Å². The Balaban J connectivity index is 1.46. The van der Waals surface area contributed by atoms with Gasteiger partial charge in [-0.2, -0.15) is 25.0 Å². The Bertz CT molecular complexity index is 1220. The van der Waals surface area contributed by atoms with Crippen molar-refractivity contribution >= 4 is 51.2 Å². The summed E-state index contributed by atoms with van der Waals surface area (Å²) in [6, 6.07) is 7.19. The second-order valence-corrected chi connectivity index (χ2v) is 8.93. The predicted octanol–water partition coefficient (Wildman–Crippen LogP) is 2.20. The molecule has 0 bridgehead atoms. The van der Waals surface area contributed by atoms with E-state index >= 15 is 0 Å². The molecule has 3 N–H and O–H groups in total. The van der Waals surface area contributed by atoms with Crippen molar-refractivity contribution in [2.45, 2.75) is 37.3 Å². The van der Waals surface area contributed by atoms with E-state index in [2.05, 4.69) is 59.1 Å². The third kappa shape index (κ3) is 3.86. The second kappa shape index (κ2) is 8.30. The molecule has 0 spiro atoms. The van der Waals surface area contributed by atoms with Crippen molar-refractivity contribution in [2.75, 3.05) is 5.32 Å². The first-order valence-electron chi connectivity index (χ1n) is 9.61. The summed E-state index contributed by atoms with van der Waals surface area (Å²) < 4.78 is 2.87. The average Bonchev–Trinajstić information content (AvgIpc) is 3.47. The minimum atomic E-state index is -1.04. The maximum atomic E-state index is 10.7. The SMILES string of the molecule is O[C@H]1[C@@H](O)C(n2cnc3c(NCc4cccc(I)c4)nc(Cl)nc32)C[C@@H]1n1nccn1. The van der Waals surface area contributed by atoms with Gasteiger partial charge in [-0.15, -0.1) is 0 Å². The molecule has 0 radical (unpaired) electrons. The topological polar surface area (TPSA) is 127 Å². The molecule has 4 atom stereocenters. The summed E-state index contributed by atoms with van der Waals surface area (Å²) in [6.45, 7) is 0.546. The molecule has 0 amide bonds. The van der Waals surface area contributed by atoms with Gasteiger partial charge in [0.1, 0.15) is 18.2 Å². The van der Waals surface area contributed by atoms with E-state index in [1.807, 2.05) is 18.2 Å². The zero-order chi connectivity index (χ0) is 21.5. The molecular weight excluding hydrogens is 535 g/mol. The largest absolute Gasteiger partial charge is 0.388 e. The second-order valence-electron chi connectivity index (χ2n) is 7.35.